The molecule has 0 amide bonds. The van der Waals surface area contributed by atoms with E-state index in [4.69, 9.17) is 4.74 Å². The zero-order valence-electron chi connectivity index (χ0n) is 17.0. The Hall–Kier alpha value is -2.01. The molecule has 144 valence electrons. The SMILES string of the molecule is CC(C)N(CCc1cn(C(=O)OC(C)(C)C)c2cccc(O)c12)C(C)C. The Morgan fingerprint density at radius 1 is 1.19 bits per heavy atom. The molecule has 2 rings (SSSR count). The lowest BCUT2D eigenvalue weighted by molar-refractivity contribution is 0.0544. The lowest BCUT2D eigenvalue weighted by atomic mass is 10.1. The van der Waals surface area contributed by atoms with E-state index in [0.717, 1.165) is 23.9 Å². The van der Waals surface area contributed by atoms with Crippen molar-refractivity contribution in [3.8, 4) is 5.75 Å². The standard InChI is InChI=1S/C21H32N2O3/c1-14(2)22(15(3)4)12-11-16-13-23(20(25)26-21(5,6)7)17-9-8-10-18(24)19(16)17/h8-10,13-15,24H,11-12H2,1-7H3. The average molecular weight is 360 g/mol. The van der Waals surface area contributed by atoms with E-state index in [1.165, 1.54) is 4.57 Å². The minimum Gasteiger partial charge on any atom is -0.507 e. The van der Waals surface area contributed by atoms with E-state index in [1.54, 1.807) is 18.3 Å². The molecule has 1 heterocycles. The number of carbonyl (C=O) groups excluding carboxylic acids is 1. The molecule has 2 aromatic rings. The molecule has 5 nitrogen and oxygen atoms in total. The van der Waals surface area contributed by atoms with E-state index >= 15 is 0 Å². The molecule has 1 N–H and O–H groups in total. The number of hydrogen-bond donors (Lipinski definition) is 1. The summed E-state index contributed by atoms with van der Waals surface area (Å²) >= 11 is 0. The highest BCUT2D eigenvalue weighted by Gasteiger charge is 2.22. The van der Waals surface area contributed by atoms with Crippen LogP contribution in [0.4, 0.5) is 4.79 Å². The molecular weight excluding hydrogens is 328 g/mol. The maximum atomic E-state index is 12.6. The number of carbonyl (C=O) groups is 1. The zero-order chi connectivity index (χ0) is 19.6. The van der Waals surface area contributed by atoms with Gasteiger partial charge in [0, 0.05) is 30.2 Å². The number of phenolic OH excluding ortho intramolecular Hbond substituents is 1. The molecule has 0 aliphatic heterocycles. The number of phenols is 1. The van der Waals surface area contributed by atoms with Gasteiger partial charge in [0.25, 0.3) is 0 Å². The van der Waals surface area contributed by atoms with Crippen molar-refractivity contribution in [3.63, 3.8) is 0 Å². The maximum absolute atomic E-state index is 12.6. The fourth-order valence-electron chi connectivity index (χ4n) is 3.36. The number of ether oxygens (including phenoxy) is 1. The molecule has 0 radical (unpaired) electrons. The lowest BCUT2D eigenvalue weighted by Gasteiger charge is -2.30. The predicted molar refractivity (Wildman–Crippen MR) is 106 cm³/mol. The fourth-order valence-corrected chi connectivity index (χ4v) is 3.36. The highest BCUT2D eigenvalue weighted by atomic mass is 16.6. The van der Waals surface area contributed by atoms with Crippen LogP contribution in [0.2, 0.25) is 0 Å². The van der Waals surface area contributed by atoms with Crippen molar-refractivity contribution < 1.29 is 14.6 Å². The van der Waals surface area contributed by atoms with Crippen LogP contribution < -0.4 is 0 Å². The first-order valence-corrected chi connectivity index (χ1v) is 9.32. The van der Waals surface area contributed by atoms with Gasteiger partial charge in [0.2, 0.25) is 0 Å². The topological polar surface area (TPSA) is 54.7 Å². The molecule has 0 fully saturated rings. The normalized spacial score (nSPS) is 12.5. The van der Waals surface area contributed by atoms with Gasteiger partial charge in [0.05, 0.1) is 5.52 Å². The average Bonchev–Trinajstić information content (AvgIpc) is 2.85. The van der Waals surface area contributed by atoms with E-state index in [-0.39, 0.29) is 5.75 Å². The third kappa shape index (κ3) is 4.58. The lowest BCUT2D eigenvalue weighted by Crippen LogP contribution is -2.38. The Kier molecular flexibility index (Phi) is 6.02. The Morgan fingerprint density at radius 3 is 2.35 bits per heavy atom. The number of nitrogens with zero attached hydrogens (tertiary/aromatic N) is 2. The third-order valence-electron chi connectivity index (χ3n) is 4.44. The van der Waals surface area contributed by atoms with Crippen molar-refractivity contribution in [3.05, 3.63) is 30.0 Å². The predicted octanol–water partition coefficient (Wildman–Crippen LogP) is 4.79. The molecule has 26 heavy (non-hydrogen) atoms. The molecule has 5 heteroatoms. The molecule has 0 spiro atoms. The van der Waals surface area contributed by atoms with Gasteiger partial charge in [0.15, 0.2) is 0 Å². The molecular formula is C21H32N2O3. The Bertz CT molecular complexity index is 761. The smallest absolute Gasteiger partial charge is 0.419 e. The molecule has 0 atom stereocenters. The van der Waals surface area contributed by atoms with Gasteiger partial charge < -0.3 is 9.84 Å². The Balaban J connectivity index is 2.39. The first-order valence-electron chi connectivity index (χ1n) is 9.32. The second-order valence-electron chi connectivity index (χ2n) is 8.35. The Morgan fingerprint density at radius 2 is 1.81 bits per heavy atom. The quantitative estimate of drug-likeness (QED) is 0.833. The number of hydrogen-bond acceptors (Lipinski definition) is 4. The third-order valence-corrected chi connectivity index (χ3v) is 4.44. The van der Waals surface area contributed by atoms with Crippen molar-refractivity contribution in [2.24, 2.45) is 0 Å². The molecule has 0 bridgehead atoms. The summed E-state index contributed by atoms with van der Waals surface area (Å²) in [6.45, 7) is 15.1. The van der Waals surface area contributed by atoms with E-state index < -0.39 is 11.7 Å². The van der Waals surface area contributed by atoms with Crippen LogP contribution in [0.3, 0.4) is 0 Å². The fraction of sp³-hybridized carbons (Fsp3) is 0.571. The maximum Gasteiger partial charge on any atom is 0.419 e. The summed E-state index contributed by atoms with van der Waals surface area (Å²) in [4.78, 5) is 15.0. The van der Waals surface area contributed by atoms with Crippen molar-refractivity contribution >= 4 is 17.0 Å². The van der Waals surface area contributed by atoms with Gasteiger partial charge in [-0.15, -0.1) is 0 Å². The van der Waals surface area contributed by atoms with Gasteiger partial charge in [-0.05, 0) is 72.6 Å². The molecule has 1 aromatic heterocycles. The zero-order valence-corrected chi connectivity index (χ0v) is 17.0. The monoisotopic (exact) mass is 360 g/mol. The number of rotatable bonds is 5. The number of aromatic nitrogens is 1. The summed E-state index contributed by atoms with van der Waals surface area (Å²) in [5, 5.41) is 11.1. The van der Waals surface area contributed by atoms with Crippen molar-refractivity contribution in [2.75, 3.05) is 6.54 Å². The highest BCUT2D eigenvalue weighted by molar-refractivity contribution is 5.95. The van der Waals surface area contributed by atoms with E-state index in [1.807, 2.05) is 26.8 Å². The second-order valence-corrected chi connectivity index (χ2v) is 8.35. The largest absolute Gasteiger partial charge is 0.507 e. The van der Waals surface area contributed by atoms with Crippen LogP contribution in [0, 0.1) is 0 Å². The minimum atomic E-state index is -0.573. The summed E-state index contributed by atoms with van der Waals surface area (Å²) < 4.78 is 7.02. The van der Waals surface area contributed by atoms with Crippen LogP contribution in [-0.4, -0.2) is 44.9 Å². The van der Waals surface area contributed by atoms with Gasteiger partial charge >= 0.3 is 6.09 Å². The first-order chi connectivity index (χ1) is 12.0. The summed E-state index contributed by atoms with van der Waals surface area (Å²) in [7, 11) is 0. The van der Waals surface area contributed by atoms with Crippen LogP contribution in [0.15, 0.2) is 24.4 Å². The van der Waals surface area contributed by atoms with Crippen LogP contribution in [-0.2, 0) is 11.2 Å². The van der Waals surface area contributed by atoms with Gasteiger partial charge in [-0.25, -0.2) is 4.79 Å². The van der Waals surface area contributed by atoms with Crippen molar-refractivity contribution in [1.29, 1.82) is 0 Å². The van der Waals surface area contributed by atoms with Gasteiger partial charge in [0.1, 0.15) is 11.4 Å². The first kappa shape index (κ1) is 20.3. The van der Waals surface area contributed by atoms with Crippen LogP contribution in [0.25, 0.3) is 10.9 Å². The summed E-state index contributed by atoms with van der Waals surface area (Å²) in [5.74, 6) is 0.195. The molecule has 1 aromatic carbocycles. The van der Waals surface area contributed by atoms with E-state index in [2.05, 4.69) is 32.6 Å². The van der Waals surface area contributed by atoms with E-state index in [0.29, 0.717) is 17.6 Å². The molecule has 0 saturated heterocycles. The van der Waals surface area contributed by atoms with Crippen LogP contribution in [0.1, 0.15) is 54.0 Å². The molecule has 0 saturated carbocycles. The minimum absolute atomic E-state index is 0.195. The van der Waals surface area contributed by atoms with Crippen molar-refractivity contribution in [2.45, 2.75) is 72.6 Å². The molecule has 0 aliphatic rings. The summed E-state index contributed by atoms with van der Waals surface area (Å²) in [6, 6.07) is 6.11. The summed E-state index contributed by atoms with van der Waals surface area (Å²) in [6.07, 6.45) is 2.13. The number of fused-ring (bicyclic) bond motifs is 1. The highest BCUT2D eigenvalue weighted by Crippen LogP contribution is 2.31. The summed E-state index contributed by atoms with van der Waals surface area (Å²) in [5.41, 5.74) is 1.06. The number of aromatic hydroxyl groups is 1. The second kappa shape index (κ2) is 7.70. The number of benzene rings is 1. The van der Waals surface area contributed by atoms with Gasteiger partial charge in [-0.1, -0.05) is 6.07 Å². The van der Waals surface area contributed by atoms with Gasteiger partial charge in [-0.3, -0.25) is 9.47 Å². The molecule has 0 unspecified atom stereocenters. The van der Waals surface area contributed by atoms with Gasteiger partial charge in [-0.2, -0.15) is 0 Å². The van der Waals surface area contributed by atoms with E-state index in [9.17, 15) is 9.90 Å². The van der Waals surface area contributed by atoms with Crippen LogP contribution >= 0.6 is 0 Å². The van der Waals surface area contributed by atoms with Crippen molar-refractivity contribution in [1.82, 2.24) is 9.47 Å². The Labute approximate surface area is 156 Å². The molecule has 0 aliphatic carbocycles. The van der Waals surface area contributed by atoms with Crippen LogP contribution in [0.5, 0.6) is 5.75 Å².